The van der Waals surface area contributed by atoms with Crippen molar-refractivity contribution in [2.24, 2.45) is 0 Å². The molecule has 1 heterocycles. The van der Waals surface area contributed by atoms with E-state index in [1.807, 2.05) is 24.3 Å². The number of benzene rings is 2. The first-order valence-electron chi connectivity index (χ1n) is 8.58. The van der Waals surface area contributed by atoms with Crippen LogP contribution in [0.5, 0.6) is 0 Å². The molecule has 0 aliphatic rings. The molecule has 3 aromatic rings. The standard InChI is InChI=1S/C21H19ClFN3O/c22-18-7-5-15(6-8-18)9-11-24-20-13-16(10-12-25-20)21(27)26-14-17-3-1-2-4-19(17)23/h1-8,10,12-13H,9,11,14H2,(H,24,25)(H,26,27). The minimum Gasteiger partial charge on any atom is -0.370 e. The summed E-state index contributed by atoms with van der Waals surface area (Å²) in [6.45, 7) is 0.808. The monoisotopic (exact) mass is 383 g/mol. The van der Waals surface area contributed by atoms with E-state index in [1.165, 1.54) is 6.07 Å². The van der Waals surface area contributed by atoms with Gasteiger partial charge in [0.15, 0.2) is 0 Å². The highest BCUT2D eigenvalue weighted by atomic mass is 35.5. The van der Waals surface area contributed by atoms with E-state index in [9.17, 15) is 9.18 Å². The summed E-state index contributed by atoms with van der Waals surface area (Å²) in [4.78, 5) is 16.5. The molecule has 1 aromatic heterocycles. The van der Waals surface area contributed by atoms with E-state index in [0.717, 1.165) is 12.0 Å². The molecule has 2 aromatic carbocycles. The van der Waals surface area contributed by atoms with E-state index in [2.05, 4.69) is 15.6 Å². The smallest absolute Gasteiger partial charge is 0.251 e. The van der Waals surface area contributed by atoms with Crippen LogP contribution in [0.1, 0.15) is 21.5 Å². The lowest BCUT2D eigenvalue weighted by Gasteiger charge is -2.09. The highest BCUT2D eigenvalue weighted by Gasteiger charge is 2.08. The highest BCUT2D eigenvalue weighted by Crippen LogP contribution is 2.12. The number of rotatable bonds is 7. The van der Waals surface area contributed by atoms with Crippen molar-refractivity contribution in [2.45, 2.75) is 13.0 Å². The molecule has 6 heteroatoms. The Kier molecular flexibility index (Phi) is 6.39. The van der Waals surface area contributed by atoms with E-state index in [1.54, 1.807) is 36.5 Å². The van der Waals surface area contributed by atoms with Crippen LogP contribution < -0.4 is 10.6 Å². The summed E-state index contributed by atoms with van der Waals surface area (Å²) in [7, 11) is 0. The summed E-state index contributed by atoms with van der Waals surface area (Å²) < 4.78 is 13.6. The Balaban J connectivity index is 1.53. The second-order valence-electron chi connectivity index (χ2n) is 6.01. The van der Waals surface area contributed by atoms with Crippen LogP contribution in [0.2, 0.25) is 5.02 Å². The Hall–Kier alpha value is -2.92. The molecule has 0 saturated carbocycles. The molecule has 138 valence electrons. The van der Waals surface area contributed by atoms with Crippen molar-refractivity contribution in [1.29, 1.82) is 0 Å². The Labute approximate surface area is 162 Å². The van der Waals surface area contributed by atoms with E-state index >= 15 is 0 Å². The van der Waals surface area contributed by atoms with Gasteiger partial charge in [-0.2, -0.15) is 0 Å². The van der Waals surface area contributed by atoms with Crippen LogP contribution in [0.3, 0.4) is 0 Å². The lowest BCUT2D eigenvalue weighted by atomic mass is 10.1. The maximum absolute atomic E-state index is 13.6. The van der Waals surface area contributed by atoms with Gasteiger partial charge in [0.2, 0.25) is 0 Å². The summed E-state index contributed by atoms with van der Waals surface area (Å²) in [5.41, 5.74) is 2.07. The third-order valence-electron chi connectivity index (χ3n) is 4.05. The first kappa shape index (κ1) is 18.9. The quantitative estimate of drug-likeness (QED) is 0.633. The number of pyridine rings is 1. The van der Waals surface area contributed by atoms with Gasteiger partial charge < -0.3 is 10.6 Å². The number of amides is 1. The Morgan fingerprint density at radius 3 is 2.63 bits per heavy atom. The third-order valence-corrected chi connectivity index (χ3v) is 4.30. The van der Waals surface area contributed by atoms with Gasteiger partial charge in [0.1, 0.15) is 11.6 Å². The van der Waals surface area contributed by atoms with Crippen molar-refractivity contribution in [3.8, 4) is 0 Å². The molecule has 0 aliphatic carbocycles. The first-order valence-corrected chi connectivity index (χ1v) is 8.95. The van der Waals surface area contributed by atoms with Crippen molar-refractivity contribution in [3.63, 3.8) is 0 Å². The van der Waals surface area contributed by atoms with E-state index in [0.29, 0.717) is 28.5 Å². The van der Waals surface area contributed by atoms with Gasteiger partial charge in [-0.3, -0.25) is 4.79 Å². The number of carbonyl (C=O) groups excluding carboxylic acids is 1. The van der Waals surface area contributed by atoms with Crippen molar-refractivity contribution in [3.05, 3.63) is 94.4 Å². The number of hydrogen-bond donors (Lipinski definition) is 2. The molecular weight excluding hydrogens is 365 g/mol. The number of aromatic nitrogens is 1. The van der Waals surface area contributed by atoms with Crippen LogP contribution in [0, 0.1) is 5.82 Å². The minimum atomic E-state index is -0.336. The van der Waals surface area contributed by atoms with Crippen LogP contribution in [0.25, 0.3) is 0 Å². The number of nitrogens with zero attached hydrogens (tertiary/aromatic N) is 1. The molecule has 0 saturated heterocycles. The lowest BCUT2D eigenvalue weighted by Crippen LogP contribution is -2.23. The van der Waals surface area contributed by atoms with Crippen molar-refractivity contribution in [1.82, 2.24) is 10.3 Å². The molecule has 2 N–H and O–H groups in total. The van der Waals surface area contributed by atoms with Gasteiger partial charge in [-0.15, -0.1) is 0 Å². The predicted molar refractivity (Wildman–Crippen MR) is 105 cm³/mol. The van der Waals surface area contributed by atoms with Gasteiger partial charge in [0.25, 0.3) is 5.91 Å². The third kappa shape index (κ3) is 5.53. The molecule has 3 rings (SSSR count). The zero-order valence-corrected chi connectivity index (χ0v) is 15.3. The highest BCUT2D eigenvalue weighted by molar-refractivity contribution is 6.30. The maximum Gasteiger partial charge on any atom is 0.251 e. The number of anilines is 1. The Bertz CT molecular complexity index is 915. The molecule has 0 atom stereocenters. The number of nitrogens with one attached hydrogen (secondary N) is 2. The molecule has 4 nitrogen and oxygen atoms in total. The van der Waals surface area contributed by atoms with Gasteiger partial charge >= 0.3 is 0 Å². The molecule has 0 bridgehead atoms. The predicted octanol–water partition coefficient (Wildman–Crippen LogP) is 4.46. The van der Waals surface area contributed by atoms with E-state index in [4.69, 9.17) is 11.6 Å². The van der Waals surface area contributed by atoms with Crippen molar-refractivity contribution in [2.75, 3.05) is 11.9 Å². The van der Waals surface area contributed by atoms with Gasteiger partial charge in [-0.1, -0.05) is 41.9 Å². The zero-order chi connectivity index (χ0) is 19.1. The molecule has 0 aliphatic heterocycles. The second kappa shape index (κ2) is 9.14. The fraction of sp³-hybridized carbons (Fsp3) is 0.143. The van der Waals surface area contributed by atoms with E-state index < -0.39 is 0 Å². The van der Waals surface area contributed by atoms with E-state index in [-0.39, 0.29) is 18.3 Å². The minimum absolute atomic E-state index is 0.132. The fourth-order valence-electron chi connectivity index (χ4n) is 2.57. The normalized spacial score (nSPS) is 10.4. The molecule has 0 unspecified atom stereocenters. The maximum atomic E-state index is 13.6. The molecule has 0 spiro atoms. The molecule has 1 amide bonds. The van der Waals surface area contributed by atoms with Gasteiger partial charge in [0.05, 0.1) is 0 Å². The van der Waals surface area contributed by atoms with Crippen molar-refractivity contribution >= 4 is 23.3 Å². The SMILES string of the molecule is O=C(NCc1ccccc1F)c1ccnc(NCCc2ccc(Cl)cc2)c1. The number of halogens is 2. The van der Waals surface area contributed by atoms with Crippen LogP contribution in [-0.4, -0.2) is 17.4 Å². The topological polar surface area (TPSA) is 54.0 Å². The number of carbonyl (C=O) groups is 1. The van der Waals surface area contributed by atoms with Crippen LogP contribution in [0.4, 0.5) is 10.2 Å². The summed E-state index contributed by atoms with van der Waals surface area (Å²) in [6, 6.07) is 17.3. The summed E-state index contributed by atoms with van der Waals surface area (Å²) in [6.07, 6.45) is 2.38. The molecule has 27 heavy (non-hydrogen) atoms. The Morgan fingerprint density at radius 1 is 1.07 bits per heavy atom. The van der Waals surface area contributed by atoms with Gasteiger partial charge in [-0.05, 0) is 42.3 Å². The molecule has 0 radical (unpaired) electrons. The first-order chi connectivity index (χ1) is 13.1. The largest absolute Gasteiger partial charge is 0.370 e. The fourth-order valence-corrected chi connectivity index (χ4v) is 2.70. The molecule has 0 fully saturated rings. The van der Waals surface area contributed by atoms with Crippen LogP contribution >= 0.6 is 11.6 Å². The average Bonchev–Trinajstić information content (AvgIpc) is 2.69. The van der Waals surface area contributed by atoms with Crippen LogP contribution in [0.15, 0.2) is 66.9 Å². The van der Waals surface area contributed by atoms with Gasteiger partial charge in [-0.25, -0.2) is 9.37 Å². The summed E-state index contributed by atoms with van der Waals surface area (Å²) in [5.74, 6) is 0.000919. The van der Waals surface area contributed by atoms with Gasteiger partial charge in [0, 0.05) is 35.4 Å². The Morgan fingerprint density at radius 2 is 1.85 bits per heavy atom. The second-order valence-corrected chi connectivity index (χ2v) is 6.44. The van der Waals surface area contributed by atoms with Crippen LogP contribution in [-0.2, 0) is 13.0 Å². The van der Waals surface area contributed by atoms with Crippen molar-refractivity contribution < 1.29 is 9.18 Å². The molecular formula is C21H19ClFN3O. The average molecular weight is 384 g/mol. The number of hydrogen-bond acceptors (Lipinski definition) is 3. The zero-order valence-electron chi connectivity index (χ0n) is 14.6. The lowest BCUT2D eigenvalue weighted by molar-refractivity contribution is 0.0950. The summed E-state index contributed by atoms with van der Waals surface area (Å²) >= 11 is 5.88. The summed E-state index contributed by atoms with van der Waals surface area (Å²) in [5, 5.41) is 6.64.